The number of carbonyl (C=O) groups is 2. The lowest BCUT2D eigenvalue weighted by Crippen LogP contribution is -2.30. The summed E-state index contributed by atoms with van der Waals surface area (Å²) in [5.74, 6) is -1.18. The molecule has 0 aliphatic heterocycles. The van der Waals surface area contributed by atoms with Gasteiger partial charge in [-0.25, -0.2) is 9.59 Å². The van der Waals surface area contributed by atoms with Gasteiger partial charge in [-0.05, 0) is 18.6 Å². The number of nitrogens with one attached hydrogen (secondary N) is 2. The van der Waals surface area contributed by atoms with Gasteiger partial charge in [0.1, 0.15) is 0 Å². The molecule has 0 fully saturated rings. The molecule has 0 aliphatic carbocycles. The lowest BCUT2D eigenvalue weighted by molar-refractivity contribution is 0.0697. The van der Waals surface area contributed by atoms with Crippen LogP contribution < -0.4 is 10.6 Å². The fourth-order valence-electron chi connectivity index (χ4n) is 1.24. The van der Waals surface area contributed by atoms with E-state index in [-0.39, 0.29) is 34.3 Å². The SMILES string of the molecule is O=C(NCCCF)Nc1c(Cl)cc(C(=O)O)cc1Cl. The molecule has 0 aromatic heterocycles. The van der Waals surface area contributed by atoms with Crippen molar-refractivity contribution in [1.29, 1.82) is 0 Å². The van der Waals surface area contributed by atoms with Gasteiger partial charge < -0.3 is 15.7 Å². The van der Waals surface area contributed by atoms with Gasteiger partial charge in [0.15, 0.2) is 0 Å². The largest absolute Gasteiger partial charge is 0.478 e. The zero-order valence-corrected chi connectivity index (χ0v) is 11.2. The van der Waals surface area contributed by atoms with Crippen molar-refractivity contribution in [3.63, 3.8) is 0 Å². The van der Waals surface area contributed by atoms with Crippen molar-refractivity contribution in [2.24, 2.45) is 0 Å². The monoisotopic (exact) mass is 308 g/mol. The number of benzene rings is 1. The summed E-state index contributed by atoms with van der Waals surface area (Å²) in [4.78, 5) is 22.2. The minimum atomic E-state index is -1.18. The van der Waals surface area contributed by atoms with Crippen LogP contribution in [0, 0.1) is 0 Å². The van der Waals surface area contributed by atoms with Crippen LogP contribution in [0.4, 0.5) is 14.9 Å². The molecule has 0 heterocycles. The van der Waals surface area contributed by atoms with Gasteiger partial charge in [0, 0.05) is 6.54 Å². The van der Waals surface area contributed by atoms with E-state index in [1.165, 1.54) is 12.1 Å². The first-order valence-electron chi connectivity index (χ1n) is 5.29. The number of hydrogen-bond acceptors (Lipinski definition) is 2. The Kier molecular flexibility index (Phi) is 5.85. The van der Waals surface area contributed by atoms with E-state index >= 15 is 0 Å². The molecule has 0 saturated carbocycles. The molecule has 0 aliphatic rings. The first-order valence-corrected chi connectivity index (χ1v) is 6.04. The molecule has 104 valence electrons. The van der Waals surface area contributed by atoms with Crippen molar-refractivity contribution in [1.82, 2.24) is 5.32 Å². The number of aromatic carboxylic acids is 1. The highest BCUT2D eigenvalue weighted by molar-refractivity contribution is 6.40. The Bertz CT molecular complexity index is 474. The molecule has 0 unspecified atom stereocenters. The lowest BCUT2D eigenvalue weighted by Gasteiger charge is -2.11. The molecule has 0 saturated heterocycles. The minimum absolute atomic E-state index is 0.00513. The molecule has 8 heteroatoms. The number of carboxylic acids is 1. The number of urea groups is 1. The van der Waals surface area contributed by atoms with E-state index in [1.807, 2.05) is 0 Å². The number of amides is 2. The third-order valence-electron chi connectivity index (χ3n) is 2.12. The average Bonchev–Trinajstić information content (AvgIpc) is 2.33. The van der Waals surface area contributed by atoms with Gasteiger partial charge in [-0.15, -0.1) is 0 Å². The Labute approximate surface area is 118 Å². The maximum atomic E-state index is 11.8. The molecule has 0 bridgehead atoms. The zero-order chi connectivity index (χ0) is 14.4. The van der Waals surface area contributed by atoms with E-state index in [0.717, 1.165) is 0 Å². The number of carboxylic acid groups (broad SMARTS) is 1. The summed E-state index contributed by atoms with van der Waals surface area (Å²) >= 11 is 11.7. The van der Waals surface area contributed by atoms with Crippen molar-refractivity contribution >= 4 is 40.9 Å². The summed E-state index contributed by atoms with van der Waals surface area (Å²) in [6.45, 7) is -0.361. The summed E-state index contributed by atoms with van der Waals surface area (Å²) in [6, 6.07) is 1.75. The average molecular weight is 309 g/mol. The Balaban J connectivity index is 2.79. The number of rotatable bonds is 5. The molecule has 1 aromatic rings. The van der Waals surface area contributed by atoms with Gasteiger partial charge in [0.05, 0.1) is 28.0 Å². The third kappa shape index (κ3) is 4.57. The summed E-state index contributed by atoms with van der Waals surface area (Å²) in [7, 11) is 0. The fraction of sp³-hybridized carbons (Fsp3) is 0.273. The molecule has 0 radical (unpaired) electrons. The van der Waals surface area contributed by atoms with Crippen molar-refractivity contribution in [2.75, 3.05) is 18.5 Å². The Morgan fingerprint density at radius 3 is 2.32 bits per heavy atom. The number of carbonyl (C=O) groups excluding carboxylic acids is 1. The Morgan fingerprint density at radius 2 is 1.84 bits per heavy atom. The molecule has 1 aromatic carbocycles. The van der Waals surface area contributed by atoms with E-state index in [4.69, 9.17) is 28.3 Å². The number of halogens is 3. The number of anilines is 1. The molecule has 0 atom stereocenters. The van der Waals surface area contributed by atoms with Gasteiger partial charge in [0.2, 0.25) is 0 Å². The van der Waals surface area contributed by atoms with Crippen LogP contribution in [-0.2, 0) is 0 Å². The van der Waals surface area contributed by atoms with E-state index in [2.05, 4.69) is 10.6 Å². The maximum Gasteiger partial charge on any atom is 0.335 e. The smallest absolute Gasteiger partial charge is 0.335 e. The fourth-order valence-corrected chi connectivity index (χ4v) is 1.82. The highest BCUT2D eigenvalue weighted by atomic mass is 35.5. The highest BCUT2D eigenvalue weighted by Gasteiger charge is 2.14. The Morgan fingerprint density at radius 1 is 1.26 bits per heavy atom. The first kappa shape index (κ1) is 15.5. The standard InChI is InChI=1S/C11H11Cl2FN2O3/c12-7-4-6(10(17)18)5-8(13)9(7)16-11(19)15-3-1-2-14/h4-5H,1-3H2,(H,17,18)(H2,15,16,19). The van der Waals surface area contributed by atoms with Crippen LogP contribution in [0.25, 0.3) is 0 Å². The van der Waals surface area contributed by atoms with Crippen molar-refractivity contribution < 1.29 is 19.1 Å². The summed E-state index contributed by atoms with van der Waals surface area (Å²) < 4.78 is 11.8. The lowest BCUT2D eigenvalue weighted by atomic mass is 10.2. The second-order valence-corrected chi connectivity index (χ2v) is 4.36. The van der Waals surface area contributed by atoms with Gasteiger partial charge in [-0.3, -0.25) is 4.39 Å². The normalized spacial score (nSPS) is 10.1. The van der Waals surface area contributed by atoms with Crippen LogP contribution in [0.15, 0.2) is 12.1 Å². The van der Waals surface area contributed by atoms with Crippen LogP contribution >= 0.6 is 23.2 Å². The summed E-state index contributed by atoms with van der Waals surface area (Å²) in [6.07, 6.45) is 0.201. The van der Waals surface area contributed by atoms with Gasteiger partial charge in [-0.2, -0.15) is 0 Å². The summed E-state index contributed by atoms with van der Waals surface area (Å²) in [5, 5.41) is 13.6. The quantitative estimate of drug-likeness (QED) is 0.731. The van der Waals surface area contributed by atoms with Crippen molar-refractivity contribution in [3.8, 4) is 0 Å². The molecule has 0 spiro atoms. The van der Waals surface area contributed by atoms with Gasteiger partial charge in [0.25, 0.3) is 0 Å². The second-order valence-electron chi connectivity index (χ2n) is 3.54. The van der Waals surface area contributed by atoms with Crippen LogP contribution in [0.5, 0.6) is 0 Å². The number of alkyl halides is 1. The minimum Gasteiger partial charge on any atom is -0.478 e. The third-order valence-corrected chi connectivity index (χ3v) is 2.72. The molecule has 19 heavy (non-hydrogen) atoms. The van der Waals surface area contributed by atoms with Crippen molar-refractivity contribution in [2.45, 2.75) is 6.42 Å². The van der Waals surface area contributed by atoms with Crippen molar-refractivity contribution in [3.05, 3.63) is 27.7 Å². The van der Waals surface area contributed by atoms with Crippen LogP contribution in [0.2, 0.25) is 10.0 Å². The number of hydrogen-bond donors (Lipinski definition) is 3. The Hall–Kier alpha value is -1.53. The molecule has 5 nitrogen and oxygen atoms in total. The van der Waals surface area contributed by atoms with Crippen LogP contribution in [-0.4, -0.2) is 30.3 Å². The van der Waals surface area contributed by atoms with E-state index in [9.17, 15) is 14.0 Å². The molecular weight excluding hydrogens is 298 g/mol. The zero-order valence-electron chi connectivity index (χ0n) is 9.67. The van der Waals surface area contributed by atoms with E-state index < -0.39 is 18.7 Å². The second kappa shape index (κ2) is 7.16. The molecule has 2 amide bonds. The van der Waals surface area contributed by atoms with Gasteiger partial charge >= 0.3 is 12.0 Å². The molecular formula is C11H11Cl2FN2O3. The van der Waals surface area contributed by atoms with Gasteiger partial charge in [-0.1, -0.05) is 23.2 Å². The first-order chi connectivity index (χ1) is 8.95. The van der Waals surface area contributed by atoms with Crippen LogP contribution in [0.1, 0.15) is 16.8 Å². The topological polar surface area (TPSA) is 78.4 Å². The van der Waals surface area contributed by atoms with E-state index in [1.54, 1.807) is 0 Å². The predicted molar refractivity (Wildman–Crippen MR) is 71.0 cm³/mol. The predicted octanol–water partition coefficient (Wildman–Crippen LogP) is 3.17. The molecule has 3 N–H and O–H groups in total. The maximum absolute atomic E-state index is 11.8. The van der Waals surface area contributed by atoms with Crippen LogP contribution in [0.3, 0.4) is 0 Å². The summed E-state index contributed by atoms with van der Waals surface area (Å²) in [5.41, 5.74) is 0.0180. The molecule has 1 rings (SSSR count). The highest BCUT2D eigenvalue weighted by Crippen LogP contribution is 2.31. The van der Waals surface area contributed by atoms with E-state index in [0.29, 0.717) is 0 Å².